The zero-order chi connectivity index (χ0) is 14.7. The molecular formula is C18H26O. The van der Waals surface area contributed by atoms with Crippen LogP contribution in [0.1, 0.15) is 52.9 Å². The maximum Gasteiger partial charge on any atom is 0.135 e. The van der Waals surface area contributed by atoms with Crippen molar-refractivity contribution in [3.05, 3.63) is 47.7 Å². The fraction of sp³-hybridized carbons (Fsp3) is 0.333. The molecule has 1 nitrogen and oxygen atoms in total. The van der Waals surface area contributed by atoms with Crippen molar-refractivity contribution in [3.8, 4) is 0 Å². The molecule has 0 atom stereocenters. The number of para-hydroxylation sites is 1. The Balaban J connectivity index is 0.000000741. The van der Waals surface area contributed by atoms with Crippen molar-refractivity contribution in [2.24, 2.45) is 0 Å². The zero-order valence-electron chi connectivity index (χ0n) is 13.0. The lowest BCUT2D eigenvalue weighted by molar-refractivity contribution is 0.603. The van der Waals surface area contributed by atoms with Gasteiger partial charge in [0, 0.05) is 10.9 Å². The molecule has 104 valence electrons. The minimum Gasteiger partial charge on any atom is -0.456 e. The van der Waals surface area contributed by atoms with Gasteiger partial charge < -0.3 is 4.42 Å². The average molecular weight is 258 g/mol. The molecule has 0 aliphatic carbocycles. The molecule has 0 N–H and O–H groups in total. The van der Waals surface area contributed by atoms with Crippen LogP contribution in [0.15, 0.2) is 40.8 Å². The van der Waals surface area contributed by atoms with Gasteiger partial charge in [0.15, 0.2) is 0 Å². The lowest BCUT2D eigenvalue weighted by Gasteiger charge is -1.89. The average Bonchev–Trinajstić information content (AvgIpc) is 2.82. The summed E-state index contributed by atoms with van der Waals surface area (Å²) in [7, 11) is 0. The molecule has 0 saturated carbocycles. The van der Waals surface area contributed by atoms with E-state index in [1.54, 1.807) is 0 Å². The van der Waals surface area contributed by atoms with E-state index in [0.717, 1.165) is 16.9 Å². The van der Waals surface area contributed by atoms with Crippen molar-refractivity contribution in [1.29, 1.82) is 0 Å². The second kappa shape index (κ2) is 10.2. The Morgan fingerprint density at radius 1 is 0.842 bits per heavy atom. The van der Waals surface area contributed by atoms with E-state index in [4.69, 9.17) is 4.42 Å². The largest absolute Gasteiger partial charge is 0.456 e. The first-order valence-electron chi connectivity index (χ1n) is 7.13. The first kappa shape index (κ1) is 17.2. The van der Waals surface area contributed by atoms with Gasteiger partial charge >= 0.3 is 0 Å². The molecule has 1 heteroatoms. The van der Waals surface area contributed by atoms with Gasteiger partial charge in [-0.25, -0.2) is 0 Å². The Kier molecular flexibility index (Phi) is 9.25. The zero-order valence-corrected chi connectivity index (χ0v) is 13.0. The smallest absolute Gasteiger partial charge is 0.135 e. The summed E-state index contributed by atoms with van der Waals surface area (Å²) in [6.45, 7) is 12.0. The van der Waals surface area contributed by atoms with E-state index in [0.29, 0.717) is 0 Å². The van der Waals surface area contributed by atoms with Crippen LogP contribution in [0, 0.1) is 0 Å². The van der Waals surface area contributed by atoms with Crippen molar-refractivity contribution >= 4 is 23.1 Å². The number of allylic oxidation sites excluding steroid dienone is 2. The van der Waals surface area contributed by atoms with Gasteiger partial charge in [0.2, 0.25) is 0 Å². The van der Waals surface area contributed by atoms with E-state index >= 15 is 0 Å². The minimum atomic E-state index is 0.928. The Bertz CT molecular complexity index is 515. The summed E-state index contributed by atoms with van der Waals surface area (Å²) in [6, 6.07) is 8.10. The molecule has 0 saturated heterocycles. The molecule has 1 aromatic heterocycles. The predicted molar refractivity (Wildman–Crippen MR) is 88.3 cm³/mol. The van der Waals surface area contributed by atoms with Crippen LogP contribution in [0.25, 0.3) is 23.1 Å². The summed E-state index contributed by atoms with van der Waals surface area (Å²) >= 11 is 0. The van der Waals surface area contributed by atoms with Crippen LogP contribution in [0.3, 0.4) is 0 Å². The van der Waals surface area contributed by atoms with Gasteiger partial charge in [-0.05, 0) is 26.0 Å². The van der Waals surface area contributed by atoms with Crippen LogP contribution >= 0.6 is 0 Å². The number of furan rings is 1. The van der Waals surface area contributed by atoms with Crippen molar-refractivity contribution in [2.45, 2.75) is 41.5 Å². The van der Waals surface area contributed by atoms with E-state index in [1.807, 2.05) is 78.0 Å². The van der Waals surface area contributed by atoms with Gasteiger partial charge in [-0.15, -0.1) is 0 Å². The second-order valence-electron chi connectivity index (χ2n) is 3.38. The van der Waals surface area contributed by atoms with Crippen molar-refractivity contribution in [1.82, 2.24) is 0 Å². The molecule has 0 amide bonds. The molecule has 0 unspecified atom stereocenters. The molecule has 0 fully saturated rings. The molecule has 2 rings (SSSR count). The molecular weight excluding hydrogens is 232 g/mol. The minimum absolute atomic E-state index is 0.928. The Morgan fingerprint density at radius 3 is 2.00 bits per heavy atom. The van der Waals surface area contributed by atoms with Crippen LogP contribution < -0.4 is 0 Å². The highest BCUT2D eigenvalue weighted by Crippen LogP contribution is 2.27. The number of hydrogen-bond donors (Lipinski definition) is 0. The van der Waals surface area contributed by atoms with Crippen molar-refractivity contribution < 1.29 is 4.42 Å². The monoisotopic (exact) mass is 258 g/mol. The third-order valence-corrected chi connectivity index (χ3v) is 2.31. The van der Waals surface area contributed by atoms with Gasteiger partial charge in [-0.3, -0.25) is 0 Å². The van der Waals surface area contributed by atoms with Gasteiger partial charge in [-0.1, -0.05) is 64.1 Å². The summed E-state index contributed by atoms with van der Waals surface area (Å²) < 4.78 is 5.75. The first-order valence-corrected chi connectivity index (χ1v) is 7.13. The maximum atomic E-state index is 5.75. The predicted octanol–water partition coefficient (Wildman–Crippen LogP) is 6.55. The van der Waals surface area contributed by atoms with E-state index in [2.05, 4.69) is 12.1 Å². The molecule has 0 bridgehead atoms. The summed E-state index contributed by atoms with van der Waals surface area (Å²) in [5.41, 5.74) is 2.10. The number of hydrogen-bond acceptors (Lipinski definition) is 1. The van der Waals surface area contributed by atoms with E-state index in [-0.39, 0.29) is 0 Å². The van der Waals surface area contributed by atoms with Gasteiger partial charge in [0.05, 0.1) is 0 Å². The molecule has 0 aliphatic heterocycles. The highest BCUT2D eigenvalue weighted by Gasteiger charge is 2.07. The first-order chi connectivity index (χ1) is 9.36. The number of benzene rings is 1. The van der Waals surface area contributed by atoms with Gasteiger partial charge in [-0.2, -0.15) is 0 Å². The summed E-state index contributed by atoms with van der Waals surface area (Å²) in [5, 5.41) is 1.17. The van der Waals surface area contributed by atoms with Crippen LogP contribution in [-0.4, -0.2) is 0 Å². The molecule has 1 aromatic carbocycles. The third kappa shape index (κ3) is 4.44. The highest BCUT2D eigenvalue weighted by atomic mass is 16.3. The number of fused-ring (bicyclic) bond motifs is 1. The maximum absolute atomic E-state index is 5.75. The Hall–Kier alpha value is -1.76. The SMILES string of the molecule is C/C=C\c1oc2ccccc2c1/C=C\C.CC.CC. The van der Waals surface area contributed by atoms with E-state index in [9.17, 15) is 0 Å². The molecule has 1 heterocycles. The molecule has 2 aromatic rings. The molecule has 0 radical (unpaired) electrons. The fourth-order valence-electron chi connectivity index (χ4n) is 1.70. The molecule has 0 spiro atoms. The van der Waals surface area contributed by atoms with E-state index < -0.39 is 0 Å². The van der Waals surface area contributed by atoms with Crippen LogP contribution in [0.2, 0.25) is 0 Å². The van der Waals surface area contributed by atoms with Crippen molar-refractivity contribution in [2.75, 3.05) is 0 Å². The standard InChI is InChI=1S/C14H14O.2C2H6/c1-3-7-11-12-9-5-6-10-14(12)15-13(11)8-4-2;2*1-2/h3-10H,1-2H3;2*1-2H3/b7-3-,8-4-;;. The summed E-state index contributed by atoms with van der Waals surface area (Å²) in [5.74, 6) is 0.928. The summed E-state index contributed by atoms with van der Waals surface area (Å²) in [4.78, 5) is 0. The van der Waals surface area contributed by atoms with Crippen molar-refractivity contribution in [3.63, 3.8) is 0 Å². The normalized spacial score (nSPS) is 10.2. The quantitative estimate of drug-likeness (QED) is 0.595. The topological polar surface area (TPSA) is 13.1 Å². The fourth-order valence-corrected chi connectivity index (χ4v) is 1.70. The second-order valence-corrected chi connectivity index (χ2v) is 3.38. The Morgan fingerprint density at radius 2 is 1.42 bits per heavy atom. The summed E-state index contributed by atoms with van der Waals surface area (Å²) in [6.07, 6.45) is 8.10. The highest BCUT2D eigenvalue weighted by molar-refractivity contribution is 5.90. The molecule has 19 heavy (non-hydrogen) atoms. The number of rotatable bonds is 2. The van der Waals surface area contributed by atoms with Crippen LogP contribution in [0.4, 0.5) is 0 Å². The lowest BCUT2D eigenvalue weighted by atomic mass is 10.1. The van der Waals surface area contributed by atoms with Crippen LogP contribution in [0.5, 0.6) is 0 Å². The van der Waals surface area contributed by atoms with Gasteiger partial charge in [0.25, 0.3) is 0 Å². The molecule has 0 aliphatic rings. The third-order valence-electron chi connectivity index (χ3n) is 2.31. The lowest BCUT2D eigenvalue weighted by Crippen LogP contribution is -1.72. The van der Waals surface area contributed by atoms with Crippen LogP contribution in [-0.2, 0) is 0 Å². The Labute approximate surface area is 117 Å². The van der Waals surface area contributed by atoms with Gasteiger partial charge in [0.1, 0.15) is 11.3 Å². The van der Waals surface area contributed by atoms with E-state index in [1.165, 1.54) is 5.39 Å².